The second-order valence-electron chi connectivity index (χ2n) is 5.11. The topological polar surface area (TPSA) is 18.5 Å². The van der Waals surface area contributed by atoms with Crippen LogP contribution in [-0.4, -0.2) is 23.6 Å². The average Bonchev–Trinajstić information content (AvgIpc) is 2.83. The highest BCUT2D eigenvalue weighted by atomic mass is 79.9. The van der Waals surface area contributed by atoms with Crippen LogP contribution in [0.25, 0.3) is 0 Å². The van der Waals surface area contributed by atoms with Crippen LogP contribution in [0.1, 0.15) is 30.9 Å². The molecule has 0 aromatic heterocycles. The van der Waals surface area contributed by atoms with Crippen molar-refractivity contribution in [2.24, 2.45) is 0 Å². The minimum atomic E-state index is 0.197. The minimum Gasteiger partial charge on any atom is -0.488 e. The number of ether oxygens (including phenoxy) is 2. The van der Waals surface area contributed by atoms with Crippen LogP contribution < -0.4 is 4.74 Å². The van der Waals surface area contributed by atoms with Gasteiger partial charge in [-0.3, -0.25) is 0 Å². The highest BCUT2D eigenvalue weighted by molar-refractivity contribution is 9.09. The molecule has 18 heavy (non-hydrogen) atoms. The average molecular weight is 311 g/mol. The number of rotatable bonds is 4. The molecule has 3 atom stereocenters. The van der Waals surface area contributed by atoms with Crippen molar-refractivity contribution < 1.29 is 9.47 Å². The van der Waals surface area contributed by atoms with Gasteiger partial charge in [0.25, 0.3) is 0 Å². The van der Waals surface area contributed by atoms with Crippen LogP contribution >= 0.6 is 15.9 Å². The van der Waals surface area contributed by atoms with Crippen LogP contribution in [-0.2, 0) is 17.6 Å². The van der Waals surface area contributed by atoms with E-state index in [1.165, 1.54) is 30.4 Å². The second-order valence-corrected chi connectivity index (χ2v) is 6.29. The first-order valence-electron chi connectivity index (χ1n) is 6.82. The molecule has 1 aromatic carbocycles. The van der Waals surface area contributed by atoms with Gasteiger partial charge in [0.1, 0.15) is 18.0 Å². The van der Waals surface area contributed by atoms with Crippen molar-refractivity contribution in [2.75, 3.05) is 6.61 Å². The van der Waals surface area contributed by atoms with E-state index in [2.05, 4.69) is 34.1 Å². The molecule has 0 radical (unpaired) electrons. The van der Waals surface area contributed by atoms with Crippen LogP contribution in [0.2, 0.25) is 0 Å². The number of hydrogen-bond acceptors (Lipinski definition) is 2. The number of hydrogen-bond donors (Lipinski definition) is 0. The lowest BCUT2D eigenvalue weighted by atomic mass is 9.91. The Morgan fingerprint density at radius 3 is 2.89 bits per heavy atom. The summed E-state index contributed by atoms with van der Waals surface area (Å²) in [4.78, 5) is 0.442. The standard InChI is InChI=1S/C15H19BrO2/c1-2-17-15-13(16)9-14(15)18-12-7-6-10-4-3-5-11(10)8-12/h6-8,13-15H,2-5,9H2,1H3. The molecule has 3 heteroatoms. The third-order valence-corrected chi connectivity index (χ3v) is 4.79. The van der Waals surface area contributed by atoms with E-state index in [9.17, 15) is 0 Å². The van der Waals surface area contributed by atoms with Crippen LogP contribution in [0.5, 0.6) is 5.75 Å². The van der Waals surface area contributed by atoms with E-state index >= 15 is 0 Å². The lowest BCUT2D eigenvalue weighted by Crippen LogP contribution is -2.52. The predicted molar refractivity (Wildman–Crippen MR) is 75.6 cm³/mol. The third kappa shape index (κ3) is 2.30. The molecule has 2 nitrogen and oxygen atoms in total. The van der Waals surface area contributed by atoms with Gasteiger partial charge in [0, 0.05) is 17.9 Å². The van der Waals surface area contributed by atoms with Gasteiger partial charge in [0.15, 0.2) is 0 Å². The normalized spacial score (nSPS) is 29.8. The van der Waals surface area contributed by atoms with Crippen LogP contribution in [0.4, 0.5) is 0 Å². The quantitative estimate of drug-likeness (QED) is 0.793. The summed E-state index contributed by atoms with van der Waals surface area (Å²) in [7, 11) is 0. The first kappa shape index (κ1) is 12.5. The molecule has 0 bridgehead atoms. The Kier molecular flexibility index (Phi) is 3.62. The molecule has 1 fully saturated rings. The van der Waals surface area contributed by atoms with E-state index in [-0.39, 0.29) is 12.2 Å². The second kappa shape index (κ2) is 5.22. The summed E-state index contributed by atoms with van der Waals surface area (Å²) in [6, 6.07) is 6.54. The SMILES string of the molecule is CCOC1C(Br)CC1Oc1ccc2c(c1)CCC2. The fraction of sp³-hybridized carbons (Fsp3) is 0.600. The minimum absolute atomic E-state index is 0.197. The molecule has 2 aliphatic rings. The predicted octanol–water partition coefficient (Wildman–Crippen LogP) is 3.50. The first-order chi connectivity index (χ1) is 8.78. The van der Waals surface area contributed by atoms with Gasteiger partial charge in [0.2, 0.25) is 0 Å². The molecule has 98 valence electrons. The summed E-state index contributed by atoms with van der Waals surface area (Å²) >= 11 is 3.63. The van der Waals surface area contributed by atoms with E-state index in [0.29, 0.717) is 4.83 Å². The smallest absolute Gasteiger partial charge is 0.127 e. The zero-order valence-corrected chi connectivity index (χ0v) is 12.3. The molecule has 1 aromatic rings. The molecule has 0 N–H and O–H groups in total. The Hall–Kier alpha value is -0.540. The fourth-order valence-electron chi connectivity index (χ4n) is 2.84. The molecular formula is C15H19BrO2. The van der Waals surface area contributed by atoms with Gasteiger partial charge in [0.05, 0.1) is 0 Å². The summed E-state index contributed by atoms with van der Waals surface area (Å²) in [5.74, 6) is 1.00. The maximum Gasteiger partial charge on any atom is 0.127 e. The highest BCUT2D eigenvalue weighted by Crippen LogP contribution is 2.35. The number of aryl methyl sites for hydroxylation is 2. The number of alkyl halides is 1. The van der Waals surface area contributed by atoms with Gasteiger partial charge in [-0.15, -0.1) is 0 Å². The fourth-order valence-corrected chi connectivity index (χ4v) is 3.70. The van der Waals surface area contributed by atoms with E-state index < -0.39 is 0 Å². The lowest BCUT2D eigenvalue weighted by molar-refractivity contribution is -0.0723. The van der Waals surface area contributed by atoms with Crippen LogP contribution in [0.3, 0.4) is 0 Å². The molecule has 0 amide bonds. The number of benzene rings is 1. The molecule has 3 unspecified atom stereocenters. The largest absolute Gasteiger partial charge is 0.488 e. The van der Waals surface area contributed by atoms with E-state index in [4.69, 9.17) is 9.47 Å². The zero-order chi connectivity index (χ0) is 12.5. The Bertz CT molecular complexity index is 433. The van der Waals surface area contributed by atoms with Gasteiger partial charge in [-0.25, -0.2) is 0 Å². The maximum absolute atomic E-state index is 6.06. The summed E-state index contributed by atoms with van der Waals surface area (Å²) in [5.41, 5.74) is 2.96. The number of halogens is 1. The molecule has 3 rings (SSSR count). The van der Waals surface area contributed by atoms with Crippen molar-refractivity contribution in [2.45, 2.75) is 49.6 Å². The van der Waals surface area contributed by atoms with Gasteiger partial charge < -0.3 is 9.47 Å². The van der Waals surface area contributed by atoms with Crippen molar-refractivity contribution in [3.05, 3.63) is 29.3 Å². The number of fused-ring (bicyclic) bond motifs is 1. The van der Waals surface area contributed by atoms with Gasteiger partial charge in [-0.2, -0.15) is 0 Å². The van der Waals surface area contributed by atoms with Gasteiger partial charge in [-0.05, 0) is 49.4 Å². The molecular weight excluding hydrogens is 292 g/mol. The molecule has 0 heterocycles. The Labute approximate surface area is 117 Å². The molecule has 0 aliphatic heterocycles. The van der Waals surface area contributed by atoms with Crippen molar-refractivity contribution in [3.63, 3.8) is 0 Å². The zero-order valence-electron chi connectivity index (χ0n) is 10.7. The monoisotopic (exact) mass is 310 g/mol. The van der Waals surface area contributed by atoms with Crippen molar-refractivity contribution in [3.8, 4) is 5.75 Å². The Morgan fingerprint density at radius 2 is 2.11 bits per heavy atom. The van der Waals surface area contributed by atoms with E-state index in [0.717, 1.165) is 18.8 Å². The van der Waals surface area contributed by atoms with Crippen LogP contribution in [0.15, 0.2) is 18.2 Å². The summed E-state index contributed by atoms with van der Waals surface area (Å²) in [6.45, 7) is 2.78. The van der Waals surface area contributed by atoms with Crippen LogP contribution in [0, 0.1) is 0 Å². The van der Waals surface area contributed by atoms with Crippen molar-refractivity contribution >= 4 is 15.9 Å². The molecule has 1 saturated carbocycles. The van der Waals surface area contributed by atoms with Gasteiger partial charge in [-0.1, -0.05) is 22.0 Å². The Morgan fingerprint density at radius 1 is 1.28 bits per heavy atom. The lowest BCUT2D eigenvalue weighted by Gasteiger charge is -2.40. The van der Waals surface area contributed by atoms with Crippen molar-refractivity contribution in [1.29, 1.82) is 0 Å². The van der Waals surface area contributed by atoms with E-state index in [1.54, 1.807) is 0 Å². The molecule has 0 spiro atoms. The molecule has 0 saturated heterocycles. The summed E-state index contributed by atoms with van der Waals surface area (Å²) in [6.07, 6.45) is 5.14. The summed E-state index contributed by atoms with van der Waals surface area (Å²) < 4.78 is 11.8. The maximum atomic E-state index is 6.06. The van der Waals surface area contributed by atoms with E-state index in [1.807, 2.05) is 6.92 Å². The Balaban J connectivity index is 1.66. The third-order valence-electron chi connectivity index (χ3n) is 3.90. The highest BCUT2D eigenvalue weighted by Gasteiger charge is 2.42. The summed E-state index contributed by atoms with van der Waals surface area (Å²) in [5, 5.41) is 0. The van der Waals surface area contributed by atoms with Gasteiger partial charge >= 0.3 is 0 Å². The van der Waals surface area contributed by atoms with Crippen molar-refractivity contribution in [1.82, 2.24) is 0 Å². The molecule has 2 aliphatic carbocycles. The first-order valence-corrected chi connectivity index (χ1v) is 7.73.